The number of nitrogens with one attached hydrogen (secondary N) is 1. The number of rotatable bonds is 2. The lowest BCUT2D eigenvalue weighted by atomic mass is 9.99. The van der Waals surface area contributed by atoms with Gasteiger partial charge in [-0.05, 0) is 42.0 Å². The Morgan fingerprint density at radius 1 is 1.53 bits per heavy atom. The zero-order valence-electron chi connectivity index (χ0n) is 8.92. The maximum Gasteiger partial charge on any atom is 0.0409 e. The highest BCUT2D eigenvalue weighted by Crippen LogP contribution is 2.32. The molecule has 1 N–H and O–H groups in total. The lowest BCUT2D eigenvalue weighted by molar-refractivity contribution is 0.541. The first-order chi connectivity index (χ1) is 7.31. The van der Waals surface area contributed by atoms with Crippen molar-refractivity contribution < 1.29 is 0 Å². The first kappa shape index (κ1) is 11.3. The minimum absolute atomic E-state index is 0.485. The van der Waals surface area contributed by atoms with Crippen LogP contribution in [0.25, 0.3) is 0 Å². The quantitative estimate of drug-likeness (QED) is 0.849. The summed E-state index contributed by atoms with van der Waals surface area (Å²) in [5.74, 6) is 2.35. The van der Waals surface area contributed by atoms with Gasteiger partial charge in [-0.25, -0.2) is 0 Å². The van der Waals surface area contributed by atoms with Crippen molar-refractivity contribution in [3.63, 3.8) is 0 Å². The van der Waals surface area contributed by atoms with Gasteiger partial charge in [0.15, 0.2) is 0 Å². The number of halogens is 1. The SMILES string of the molecule is CCNC1CCSCc2ccc(Cl)cc21. The lowest BCUT2D eigenvalue weighted by Crippen LogP contribution is -2.21. The summed E-state index contributed by atoms with van der Waals surface area (Å²) in [5, 5.41) is 4.39. The zero-order valence-corrected chi connectivity index (χ0v) is 10.5. The van der Waals surface area contributed by atoms with Gasteiger partial charge in [-0.1, -0.05) is 24.6 Å². The van der Waals surface area contributed by atoms with Gasteiger partial charge in [0.25, 0.3) is 0 Å². The second kappa shape index (κ2) is 5.24. The number of hydrogen-bond donors (Lipinski definition) is 1. The fraction of sp³-hybridized carbons (Fsp3) is 0.500. The molecule has 0 saturated heterocycles. The van der Waals surface area contributed by atoms with Crippen LogP contribution in [-0.2, 0) is 5.75 Å². The zero-order chi connectivity index (χ0) is 10.7. The Labute approximate surface area is 101 Å². The first-order valence-corrected chi connectivity index (χ1v) is 6.94. The van der Waals surface area contributed by atoms with E-state index in [0.717, 1.165) is 17.3 Å². The first-order valence-electron chi connectivity index (χ1n) is 5.40. The van der Waals surface area contributed by atoms with Crippen LogP contribution in [0.2, 0.25) is 5.02 Å². The number of hydrogen-bond acceptors (Lipinski definition) is 2. The van der Waals surface area contributed by atoms with E-state index in [2.05, 4.69) is 24.4 Å². The van der Waals surface area contributed by atoms with Crippen LogP contribution in [0.5, 0.6) is 0 Å². The standard InChI is InChI=1S/C12H16ClNS/c1-2-14-12-5-6-15-8-9-3-4-10(13)7-11(9)12/h3-4,7,12,14H,2,5-6,8H2,1H3. The summed E-state index contributed by atoms with van der Waals surface area (Å²) >= 11 is 8.07. The molecule has 1 aromatic rings. The number of thioether (sulfide) groups is 1. The summed E-state index contributed by atoms with van der Waals surface area (Å²) in [6, 6.07) is 6.77. The highest BCUT2D eigenvalue weighted by Gasteiger charge is 2.17. The average molecular weight is 242 g/mol. The van der Waals surface area contributed by atoms with Crippen molar-refractivity contribution in [2.75, 3.05) is 12.3 Å². The summed E-state index contributed by atoms with van der Waals surface area (Å²) in [5.41, 5.74) is 2.84. The Bertz CT molecular complexity index is 340. The monoisotopic (exact) mass is 241 g/mol. The van der Waals surface area contributed by atoms with Gasteiger partial charge in [0.2, 0.25) is 0 Å². The molecule has 2 rings (SSSR count). The Balaban J connectivity index is 2.33. The largest absolute Gasteiger partial charge is 0.310 e. The van der Waals surface area contributed by atoms with E-state index in [1.54, 1.807) is 0 Å². The second-order valence-corrected chi connectivity index (χ2v) is 5.34. The number of fused-ring (bicyclic) bond motifs is 1. The molecule has 1 aliphatic heterocycles. The van der Waals surface area contributed by atoms with Gasteiger partial charge in [-0.3, -0.25) is 0 Å². The van der Waals surface area contributed by atoms with Crippen molar-refractivity contribution >= 4 is 23.4 Å². The molecule has 0 radical (unpaired) electrons. The highest BCUT2D eigenvalue weighted by atomic mass is 35.5. The van der Waals surface area contributed by atoms with Crippen molar-refractivity contribution in [2.24, 2.45) is 0 Å². The molecule has 0 aliphatic carbocycles. The summed E-state index contributed by atoms with van der Waals surface area (Å²) in [6.45, 7) is 3.17. The molecule has 1 unspecified atom stereocenters. The van der Waals surface area contributed by atoms with Gasteiger partial charge < -0.3 is 5.32 Å². The molecule has 82 valence electrons. The predicted octanol–water partition coefficient (Wildman–Crippen LogP) is 3.63. The van der Waals surface area contributed by atoms with Crippen LogP contribution in [0, 0.1) is 0 Å². The van der Waals surface area contributed by atoms with Crippen molar-refractivity contribution in [3.8, 4) is 0 Å². The maximum absolute atomic E-state index is 6.06. The molecule has 15 heavy (non-hydrogen) atoms. The van der Waals surface area contributed by atoms with Crippen molar-refractivity contribution in [1.29, 1.82) is 0 Å². The third-order valence-corrected chi connectivity index (χ3v) is 4.02. The highest BCUT2D eigenvalue weighted by molar-refractivity contribution is 7.98. The van der Waals surface area contributed by atoms with E-state index in [1.807, 2.05) is 17.8 Å². The molecule has 1 aliphatic rings. The smallest absolute Gasteiger partial charge is 0.0409 e. The molecule has 0 amide bonds. The molecule has 0 fully saturated rings. The Morgan fingerprint density at radius 2 is 2.40 bits per heavy atom. The topological polar surface area (TPSA) is 12.0 Å². The molecular weight excluding hydrogens is 226 g/mol. The van der Waals surface area contributed by atoms with Gasteiger partial charge in [0, 0.05) is 16.8 Å². The third-order valence-electron chi connectivity index (χ3n) is 2.74. The molecule has 0 bridgehead atoms. The van der Waals surface area contributed by atoms with E-state index >= 15 is 0 Å². The normalized spacial score (nSPS) is 20.8. The van der Waals surface area contributed by atoms with Crippen molar-refractivity contribution in [3.05, 3.63) is 34.3 Å². The molecule has 1 aromatic carbocycles. The predicted molar refractivity (Wildman–Crippen MR) is 68.6 cm³/mol. The summed E-state index contributed by atoms with van der Waals surface area (Å²) in [4.78, 5) is 0. The van der Waals surface area contributed by atoms with E-state index in [9.17, 15) is 0 Å². The van der Waals surface area contributed by atoms with Gasteiger partial charge in [0.1, 0.15) is 0 Å². The van der Waals surface area contributed by atoms with Gasteiger partial charge >= 0.3 is 0 Å². The summed E-state index contributed by atoms with van der Waals surface area (Å²) in [7, 11) is 0. The van der Waals surface area contributed by atoms with E-state index in [1.165, 1.54) is 23.3 Å². The fourth-order valence-corrected chi connectivity index (χ4v) is 3.23. The van der Waals surface area contributed by atoms with E-state index in [-0.39, 0.29) is 0 Å². The Morgan fingerprint density at radius 3 is 3.20 bits per heavy atom. The van der Waals surface area contributed by atoms with Gasteiger partial charge in [-0.2, -0.15) is 11.8 Å². The van der Waals surface area contributed by atoms with Crippen LogP contribution in [0.4, 0.5) is 0 Å². The average Bonchev–Trinajstić information content (AvgIpc) is 2.42. The van der Waals surface area contributed by atoms with E-state index in [0.29, 0.717) is 6.04 Å². The second-order valence-electron chi connectivity index (χ2n) is 3.79. The van der Waals surface area contributed by atoms with Gasteiger partial charge in [0.05, 0.1) is 0 Å². The van der Waals surface area contributed by atoms with Crippen LogP contribution >= 0.6 is 23.4 Å². The molecule has 1 heterocycles. The molecule has 3 heteroatoms. The minimum Gasteiger partial charge on any atom is -0.310 e. The van der Waals surface area contributed by atoms with Crippen LogP contribution in [-0.4, -0.2) is 12.3 Å². The molecule has 0 spiro atoms. The van der Waals surface area contributed by atoms with E-state index < -0.39 is 0 Å². The molecular formula is C12H16ClNS. The van der Waals surface area contributed by atoms with E-state index in [4.69, 9.17) is 11.6 Å². The van der Waals surface area contributed by atoms with Crippen molar-refractivity contribution in [2.45, 2.75) is 25.1 Å². The lowest BCUT2D eigenvalue weighted by Gasteiger charge is -2.18. The van der Waals surface area contributed by atoms with Crippen LogP contribution in [0.3, 0.4) is 0 Å². The molecule has 1 nitrogen and oxygen atoms in total. The molecule has 0 aromatic heterocycles. The Hall–Kier alpha value is -0.180. The minimum atomic E-state index is 0.485. The van der Waals surface area contributed by atoms with Gasteiger partial charge in [-0.15, -0.1) is 0 Å². The maximum atomic E-state index is 6.06. The van der Waals surface area contributed by atoms with Crippen LogP contribution in [0.15, 0.2) is 18.2 Å². The van der Waals surface area contributed by atoms with Crippen LogP contribution < -0.4 is 5.32 Å². The molecule has 1 atom stereocenters. The van der Waals surface area contributed by atoms with Crippen molar-refractivity contribution in [1.82, 2.24) is 5.32 Å². The third kappa shape index (κ3) is 2.68. The summed E-state index contributed by atoms with van der Waals surface area (Å²) in [6.07, 6.45) is 1.20. The molecule has 0 saturated carbocycles. The fourth-order valence-electron chi connectivity index (χ4n) is 2.02. The number of benzene rings is 1. The Kier molecular flexibility index (Phi) is 3.95. The van der Waals surface area contributed by atoms with Crippen LogP contribution in [0.1, 0.15) is 30.5 Å². The summed E-state index contributed by atoms with van der Waals surface area (Å²) < 4.78 is 0.